The van der Waals surface area contributed by atoms with Gasteiger partial charge in [0.25, 0.3) is 0 Å². The SMILES string of the molecule is CCN(Cc1ccccn1)c1ccc(N)c2ncccc12. The van der Waals surface area contributed by atoms with E-state index in [1.54, 1.807) is 6.20 Å². The third-order valence-electron chi connectivity index (χ3n) is 3.58. The van der Waals surface area contributed by atoms with Crippen LogP contribution in [0.15, 0.2) is 54.9 Å². The summed E-state index contributed by atoms with van der Waals surface area (Å²) in [5.74, 6) is 0. The van der Waals surface area contributed by atoms with Gasteiger partial charge in [-0.2, -0.15) is 0 Å². The predicted octanol–water partition coefficient (Wildman–Crippen LogP) is 3.24. The number of anilines is 2. The summed E-state index contributed by atoms with van der Waals surface area (Å²) in [5.41, 5.74) is 9.78. The molecule has 0 amide bonds. The second kappa shape index (κ2) is 5.79. The summed E-state index contributed by atoms with van der Waals surface area (Å²) in [5, 5.41) is 1.08. The molecule has 2 heterocycles. The van der Waals surface area contributed by atoms with Crippen molar-refractivity contribution >= 4 is 22.3 Å². The van der Waals surface area contributed by atoms with Gasteiger partial charge in [-0.3, -0.25) is 9.97 Å². The van der Waals surface area contributed by atoms with Crippen molar-refractivity contribution in [1.82, 2.24) is 9.97 Å². The van der Waals surface area contributed by atoms with Gasteiger partial charge in [-0.25, -0.2) is 0 Å². The highest BCUT2D eigenvalue weighted by atomic mass is 15.1. The number of nitrogens with two attached hydrogens (primary N) is 1. The van der Waals surface area contributed by atoms with Crippen LogP contribution in [0, 0.1) is 0 Å². The van der Waals surface area contributed by atoms with Crippen molar-refractivity contribution in [3.05, 3.63) is 60.6 Å². The first kappa shape index (κ1) is 13.4. The first-order valence-electron chi connectivity index (χ1n) is 7.07. The fourth-order valence-corrected chi connectivity index (χ4v) is 2.51. The quantitative estimate of drug-likeness (QED) is 0.744. The van der Waals surface area contributed by atoms with Gasteiger partial charge in [-0.1, -0.05) is 6.07 Å². The lowest BCUT2D eigenvalue weighted by molar-refractivity contribution is 0.813. The largest absolute Gasteiger partial charge is 0.397 e. The van der Waals surface area contributed by atoms with Crippen LogP contribution in [0.5, 0.6) is 0 Å². The first-order chi connectivity index (χ1) is 10.3. The highest BCUT2D eigenvalue weighted by Gasteiger charge is 2.11. The van der Waals surface area contributed by atoms with E-state index in [1.165, 1.54) is 0 Å². The van der Waals surface area contributed by atoms with Gasteiger partial charge in [-0.05, 0) is 43.3 Å². The van der Waals surface area contributed by atoms with E-state index >= 15 is 0 Å². The smallest absolute Gasteiger partial charge is 0.0951 e. The molecule has 2 aromatic heterocycles. The first-order valence-corrected chi connectivity index (χ1v) is 7.07. The number of benzene rings is 1. The second-order valence-electron chi connectivity index (χ2n) is 4.91. The number of pyridine rings is 2. The molecule has 0 radical (unpaired) electrons. The minimum Gasteiger partial charge on any atom is -0.397 e. The summed E-state index contributed by atoms with van der Waals surface area (Å²) in [4.78, 5) is 11.1. The summed E-state index contributed by atoms with van der Waals surface area (Å²) >= 11 is 0. The summed E-state index contributed by atoms with van der Waals surface area (Å²) in [6.45, 7) is 3.80. The minimum absolute atomic E-state index is 0.711. The molecule has 0 fully saturated rings. The maximum Gasteiger partial charge on any atom is 0.0951 e. The Morgan fingerprint density at radius 2 is 1.86 bits per heavy atom. The van der Waals surface area contributed by atoms with Crippen molar-refractivity contribution in [3.63, 3.8) is 0 Å². The monoisotopic (exact) mass is 278 g/mol. The molecule has 0 saturated heterocycles. The van der Waals surface area contributed by atoms with Crippen LogP contribution in [0.3, 0.4) is 0 Å². The lowest BCUT2D eigenvalue weighted by Crippen LogP contribution is -2.23. The molecular formula is C17H18N4. The fourth-order valence-electron chi connectivity index (χ4n) is 2.51. The Labute approximate surface area is 124 Å². The fraction of sp³-hybridized carbons (Fsp3) is 0.176. The molecule has 106 valence electrons. The topological polar surface area (TPSA) is 55.0 Å². The zero-order chi connectivity index (χ0) is 14.7. The van der Waals surface area contributed by atoms with E-state index in [0.29, 0.717) is 5.69 Å². The zero-order valence-electron chi connectivity index (χ0n) is 12.0. The summed E-state index contributed by atoms with van der Waals surface area (Å²) in [7, 11) is 0. The number of rotatable bonds is 4. The van der Waals surface area contributed by atoms with Gasteiger partial charge in [0.15, 0.2) is 0 Å². The van der Waals surface area contributed by atoms with Gasteiger partial charge in [0, 0.05) is 30.0 Å². The van der Waals surface area contributed by atoms with Gasteiger partial charge < -0.3 is 10.6 Å². The number of fused-ring (bicyclic) bond motifs is 1. The number of nitrogen functional groups attached to an aromatic ring is 1. The van der Waals surface area contributed by atoms with Gasteiger partial charge in [0.2, 0.25) is 0 Å². The molecule has 0 atom stereocenters. The van der Waals surface area contributed by atoms with E-state index in [2.05, 4.69) is 33.9 Å². The molecule has 0 saturated carbocycles. The van der Waals surface area contributed by atoms with Crippen LogP contribution >= 0.6 is 0 Å². The van der Waals surface area contributed by atoms with Crippen LogP contribution in [0.25, 0.3) is 10.9 Å². The predicted molar refractivity (Wildman–Crippen MR) is 87.1 cm³/mol. The van der Waals surface area contributed by atoms with Crippen LogP contribution in [0.1, 0.15) is 12.6 Å². The Morgan fingerprint density at radius 1 is 1.00 bits per heavy atom. The van der Waals surface area contributed by atoms with Gasteiger partial charge in [-0.15, -0.1) is 0 Å². The van der Waals surface area contributed by atoms with E-state index in [9.17, 15) is 0 Å². The molecule has 21 heavy (non-hydrogen) atoms. The van der Waals surface area contributed by atoms with Gasteiger partial charge >= 0.3 is 0 Å². The molecule has 0 aliphatic carbocycles. The lowest BCUT2D eigenvalue weighted by atomic mass is 10.1. The Balaban J connectivity index is 2.03. The molecule has 0 spiro atoms. The number of aromatic nitrogens is 2. The summed E-state index contributed by atoms with van der Waals surface area (Å²) in [6.07, 6.45) is 3.60. The maximum absolute atomic E-state index is 6.03. The van der Waals surface area contributed by atoms with E-state index in [-0.39, 0.29) is 0 Å². The van der Waals surface area contributed by atoms with E-state index in [1.807, 2.05) is 36.5 Å². The van der Waals surface area contributed by atoms with Gasteiger partial charge in [0.05, 0.1) is 23.4 Å². The van der Waals surface area contributed by atoms with Crippen LogP contribution in [-0.2, 0) is 6.54 Å². The van der Waals surface area contributed by atoms with Crippen molar-refractivity contribution in [2.75, 3.05) is 17.2 Å². The average molecular weight is 278 g/mol. The lowest BCUT2D eigenvalue weighted by Gasteiger charge is -2.24. The van der Waals surface area contributed by atoms with Crippen molar-refractivity contribution in [3.8, 4) is 0 Å². The molecule has 4 heteroatoms. The third-order valence-corrected chi connectivity index (χ3v) is 3.58. The minimum atomic E-state index is 0.711. The van der Waals surface area contributed by atoms with Crippen molar-refractivity contribution in [2.24, 2.45) is 0 Å². The summed E-state index contributed by atoms with van der Waals surface area (Å²) in [6, 6.07) is 14.0. The third kappa shape index (κ3) is 2.65. The number of hydrogen-bond donors (Lipinski definition) is 1. The Kier molecular flexibility index (Phi) is 3.69. The molecule has 2 N–H and O–H groups in total. The molecule has 0 bridgehead atoms. The van der Waals surface area contributed by atoms with E-state index in [4.69, 9.17) is 5.73 Å². The Bertz CT molecular complexity index is 740. The number of nitrogens with zero attached hydrogens (tertiary/aromatic N) is 3. The molecule has 1 aromatic carbocycles. The summed E-state index contributed by atoms with van der Waals surface area (Å²) < 4.78 is 0. The van der Waals surface area contributed by atoms with Crippen molar-refractivity contribution in [2.45, 2.75) is 13.5 Å². The van der Waals surface area contributed by atoms with Crippen LogP contribution in [0.2, 0.25) is 0 Å². The van der Waals surface area contributed by atoms with Gasteiger partial charge in [0.1, 0.15) is 0 Å². The molecule has 0 aliphatic heterocycles. The van der Waals surface area contributed by atoms with Crippen LogP contribution in [-0.4, -0.2) is 16.5 Å². The molecule has 0 unspecified atom stereocenters. The molecule has 4 nitrogen and oxygen atoms in total. The highest BCUT2D eigenvalue weighted by molar-refractivity contribution is 5.98. The standard InChI is InChI=1S/C17H18N4/c1-2-21(12-13-6-3-4-10-19-13)16-9-8-15(18)17-14(16)7-5-11-20-17/h3-11H,2,12,18H2,1H3. The van der Waals surface area contributed by atoms with Crippen molar-refractivity contribution < 1.29 is 0 Å². The Hall–Kier alpha value is -2.62. The van der Waals surface area contributed by atoms with Crippen LogP contribution < -0.4 is 10.6 Å². The maximum atomic E-state index is 6.03. The number of hydrogen-bond acceptors (Lipinski definition) is 4. The molecule has 0 aliphatic rings. The van der Waals surface area contributed by atoms with Crippen LogP contribution in [0.4, 0.5) is 11.4 Å². The highest BCUT2D eigenvalue weighted by Crippen LogP contribution is 2.30. The van der Waals surface area contributed by atoms with E-state index in [0.717, 1.165) is 35.4 Å². The molecule has 3 rings (SSSR count). The van der Waals surface area contributed by atoms with E-state index < -0.39 is 0 Å². The Morgan fingerprint density at radius 3 is 2.62 bits per heavy atom. The molecule has 3 aromatic rings. The van der Waals surface area contributed by atoms with Crippen molar-refractivity contribution in [1.29, 1.82) is 0 Å². The zero-order valence-corrected chi connectivity index (χ0v) is 12.0. The molecular weight excluding hydrogens is 260 g/mol. The second-order valence-corrected chi connectivity index (χ2v) is 4.91. The average Bonchev–Trinajstić information content (AvgIpc) is 2.55. The normalized spacial score (nSPS) is 10.7.